The Balaban J connectivity index is 1.76. The number of aryl methyl sites for hydroxylation is 1. The Morgan fingerprint density at radius 3 is 3.29 bits per heavy atom. The molecule has 0 spiro atoms. The van der Waals surface area contributed by atoms with Crippen LogP contribution in [0.15, 0.2) is 6.20 Å². The minimum atomic E-state index is 0.533. The molecule has 0 radical (unpaired) electrons. The van der Waals surface area contributed by atoms with Crippen molar-refractivity contribution < 1.29 is 4.74 Å². The molecule has 0 aromatic carbocycles. The van der Waals surface area contributed by atoms with Crippen molar-refractivity contribution in [3.8, 4) is 0 Å². The number of hydrogen-bond acceptors (Lipinski definition) is 4. The molecule has 1 aromatic heterocycles. The first kappa shape index (κ1) is 10.1. The van der Waals surface area contributed by atoms with Gasteiger partial charge in [0.05, 0.1) is 11.6 Å². The quantitative estimate of drug-likeness (QED) is 0.828. The lowest BCUT2D eigenvalue weighted by Crippen LogP contribution is -2.36. The standard InChI is InChI=1S/C10H16N2OS/c1-8-11-5-10(14-8)6-12-9-3-2-4-13-7-9/h5,9,12H,2-4,6-7H2,1H3. The number of aromatic nitrogens is 1. The molecule has 1 atom stereocenters. The number of hydrogen-bond donors (Lipinski definition) is 1. The summed E-state index contributed by atoms with van der Waals surface area (Å²) in [4.78, 5) is 5.54. The van der Waals surface area contributed by atoms with E-state index in [1.165, 1.54) is 17.7 Å². The van der Waals surface area contributed by atoms with Crippen molar-refractivity contribution in [1.82, 2.24) is 10.3 Å². The largest absolute Gasteiger partial charge is 0.380 e. The average molecular weight is 212 g/mol. The molecule has 0 aliphatic carbocycles. The van der Waals surface area contributed by atoms with Crippen molar-refractivity contribution in [3.05, 3.63) is 16.1 Å². The molecular formula is C10H16N2OS. The second kappa shape index (κ2) is 4.87. The van der Waals surface area contributed by atoms with Crippen molar-refractivity contribution in [3.63, 3.8) is 0 Å². The van der Waals surface area contributed by atoms with Crippen LogP contribution in [0.5, 0.6) is 0 Å². The number of nitrogens with zero attached hydrogens (tertiary/aromatic N) is 1. The van der Waals surface area contributed by atoms with Gasteiger partial charge in [-0.3, -0.25) is 0 Å². The summed E-state index contributed by atoms with van der Waals surface area (Å²) in [5.41, 5.74) is 0. The summed E-state index contributed by atoms with van der Waals surface area (Å²) < 4.78 is 5.40. The van der Waals surface area contributed by atoms with E-state index >= 15 is 0 Å². The van der Waals surface area contributed by atoms with Gasteiger partial charge in [0.15, 0.2) is 0 Å². The van der Waals surface area contributed by atoms with Gasteiger partial charge in [0, 0.05) is 30.3 Å². The first-order valence-electron chi connectivity index (χ1n) is 5.07. The normalized spacial score (nSPS) is 22.5. The molecule has 1 aliphatic rings. The average Bonchev–Trinajstić information content (AvgIpc) is 2.63. The Labute approximate surface area is 88.5 Å². The van der Waals surface area contributed by atoms with E-state index in [9.17, 15) is 0 Å². The van der Waals surface area contributed by atoms with Gasteiger partial charge in [-0.1, -0.05) is 0 Å². The minimum absolute atomic E-state index is 0.533. The maximum atomic E-state index is 5.40. The number of thiazole rings is 1. The molecule has 0 saturated carbocycles. The van der Waals surface area contributed by atoms with E-state index in [1.54, 1.807) is 11.3 Å². The molecular weight excluding hydrogens is 196 g/mol. The molecule has 2 rings (SSSR count). The van der Waals surface area contributed by atoms with Crippen molar-refractivity contribution in [1.29, 1.82) is 0 Å². The van der Waals surface area contributed by atoms with E-state index in [0.717, 1.165) is 24.8 Å². The molecule has 78 valence electrons. The molecule has 1 unspecified atom stereocenters. The third kappa shape index (κ3) is 2.77. The Hall–Kier alpha value is -0.450. The fourth-order valence-electron chi connectivity index (χ4n) is 1.63. The van der Waals surface area contributed by atoms with Crippen molar-refractivity contribution in [2.24, 2.45) is 0 Å². The highest BCUT2D eigenvalue weighted by Gasteiger charge is 2.12. The van der Waals surface area contributed by atoms with Crippen LogP contribution in [0.2, 0.25) is 0 Å². The zero-order valence-corrected chi connectivity index (χ0v) is 9.27. The van der Waals surface area contributed by atoms with Crippen LogP contribution in [0, 0.1) is 6.92 Å². The van der Waals surface area contributed by atoms with E-state index in [1.807, 2.05) is 13.1 Å². The second-order valence-electron chi connectivity index (χ2n) is 3.64. The Bertz CT molecular complexity index is 281. The lowest BCUT2D eigenvalue weighted by Gasteiger charge is -2.22. The van der Waals surface area contributed by atoms with Crippen molar-refractivity contribution in [2.75, 3.05) is 13.2 Å². The van der Waals surface area contributed by atoms with E-state index in [4.69, 9.17) is 4.74 Å². The summed E-state index contributed by atoms with van der Waals surface area (Å²) in [6, 6.07) is 0.533. The first-order chi connectivity index (χ1) is 6.84. The molecule has 14 heavy (non-hydrogen) atoms. The maximum absolute atomic E-state index is 5.40. The summed E-state index contributed by atoms with van der Waals surface area (Å²) in [6.07, 6.45) is 4.37. The van der Waals surface area contributed by atoms with E-state index in [-0.39, 0.29) is 0 Å². The molecule has 3 nitrogen and oxygen atoms in total. The first-order valence-corrected chi connectivity index (χ1v) is 5.88. The van der Waals surface area contributed by atoms with Gasteiger partial charge in [0.2, 0.25) is 0 Å². The van der Waals surface area contributed by atoms with Gasteiger partial charge in [-0.05, 0) is 19.8 Å². The summed E-state index contributed by atoms with van der Waals surface area (Å²) in [5.74, 6) is 0. The van der Waals surface area contributed by atoms with Gasteiger partial charge < -0.3 is 10.1 Å². The SMILES string of the molecule is Cc1ncc(CNC2CCCOC2)s1. The third-order valence-electron chi connectivity index (χ3n) is 2.39. The van der Waals surface area contributed by atoms with Gasteiger partial charge >= 0.3 is 0 Å². The minimum Gasteiger partial charge on any atom is -0.380 e. The monoisotopic (exact) mass is 212 g/mol. The van der Waals surface area contributed by atoms with Crippen LogP contribution in [0.25, 0.3) is 0 Å². The molecule has 1 N–H and O–H groups in total. The maximum Gasteiger partial charge on any atom is 0.0897 e. The highest BCUT2D eigenvalue weighted by atomic mass is 32.1. The second-order valence-corrected chi connectivity index (χ2v) is 4.96. The zero-order valence-electron chi connectivity index (χ0n) is 8.45. The van der Waals surface area contributed by atoms with Gasteiger partial charge in [0.1, 0.15) is 0 Å². The van der Waals surface area contributed by atoms with Crippen molar-refractivity contribution in [2.45, 2.75) is 32.4 Å². The van der Waals surface area contributed by atoms with Gasteiger partial charge in [-0.2, -0.15) is 0 Å². The predicted octanol–water partition coefficient (Wildman–Crippen LogP) is 1.72. The summed E-state index contributed by atoms with van der Waals surface area (Å²) >= 11 is 1.76. The van der Waals surface area contributed by atoms with Crippen LogP contribution in [0.3, 0.4) is 0 Å². The fourth-order valence-corrected chi connectivity index (χ4v) is 2.38. The summed E-state index contributed by atoms with van der Waals surface area (Å²) in [6.45, 7) is 4.76. The molecule has 1 aromatic rings. The predicted molar refractivity (Wildman–Crippen MR) is 57.5 cm³/mol. The molecule has 4 heteroatoms. The van der Waals surface area contributed by atoms with Gasteiger partial charge in [0.25, 0.3) is 0 Å². The van der Waals surface area contributed by atoms with Gasteiger partial charge in [-0.15, -0.1) is 11.3 Å². The molecule has 1 fully saturated rings. The van der Waals surface area contributed by atoms with Gasteiger partial charge in [-0.25, -0.2) is 4.98 Å². The summed E-state index contributed by atoms with van der Waals surface area (Å²) in [5, 5.41) is 4.64. The van der Waals surface area contributed by atoms with Crippen molar-refractivity contribution >= 4 is 11.3 Å². The van der Waals surface area contributed by atoms with Crippen LogP contribution in [0.4, 0.5) is 0 Å². The lowest BCUT2D eigenvalue weighted by atomic mass is 10.1. The van der Waals surface area contributed by atoms with E-state index in [2.05, 4.69) is 10.3 Å². The highest BCUT2D eigenvalue weighted by Crippen LogP contribution is 2.12. The Morgan fingerprint density at radius 1 is 1.71 bits per heavy atom. The van der Waals surface area contributed by atoms with Crippen LogP contribution < -0.4 is 5.32 Å². The summed E-state index contributed by atoms with van der Waals surface area (Å²) in [7, 11) is 0. The van der Waals surface area contributed by atoms with Crippen LogP contribution in [-0.2, 0) is 11.3 Å². The number of ether oxygens (including phenoxy) is 1. The molecule has 0 bridgehead atoms. The zero-order chi connectivity index (χ0) is 9.80. The molecule has 0 amide bonds. The molecule has 1 aliphatic heterocycles. The van der Waals surface area contributed by atoms with Crippen LogP contribution in [0.1, 0.15) is 22.7 Å². The Kier molecular flexibility index (Phi) is 3.50. The van der Waals surface area contributed by atoms with E-state index < -0.39 is 0 Å². The number of rotatable bonds is 3. The third-order valence-corrected chi connectivity index (χ3v) is 3.31. The fraction of sp³-hybridized carbons (Fsp3) is 0.700. The van der Waals surface area contributed by atoms with E-state index in [0.29, 0.717) is 6.04 Å². The van der Waals surface area contributed by atoms with Crippen LogP contribution in [-0.4, -0.2) is 24.2 Å². The smallest absolute Gasteiger partial charge is 0.0897 e. The topological polar surface area (TPSA) is 34.2 Å². The molecule has 2 heterocycles. The van der Waals surface area contributed by atoms with Crippen LogP contribution >= 0.6 is 11.3 Å². The highest BCUT2D eigenvalue weighted by molar-refractivity contribution is 7.11. The Morgan fingerprint density at radius 2 is 2.64 bits per heavy atom. The number of nitrogens with one attached hydrogen (secondary N) is 1. The molecule has 1 saturated heterocycles. The lowest BCUT2D eigenvalue weighted by molar-refractivity contribution is 0.0700.